The fourth-order valence-corrected chi connectivity index (χ4v) is 3.41. The first-order valence-electron chi connectivity index (χ1n) is 9.33. The summed E-state index contributed by atoms with van der Waals surface area (Å²) >= 11 is 0. The van der Waals surface area contributed by atoms with E-state index in [1.54, 1.807) is 0 Å². The molecule has 27 heavy (non-hydrogen) atoms. The quantitative estimate of drug-likeness (QED) is 0.904. The average molecular weight is 367 g/mol. The molecule has 0 bridgehead atoms. The second-order valence-electron chi connectivity index (χ2n) is 7.14. The van der Waals surface area contributed by atoms with Crippen LogP contribution in [0.15, 0.2) is 42.5 Å². The van der Waals surface area contributed by atoms with E-state index >= 15 is 0 Å². The monoisotopic (exact) mass is 367 g/mol. The van der Waals surface area contributed by atoms with E-state index in [0.29, 0.717) is 11.5 Å². The van der Waals surface area contributed by atoms with Gasteiger partial charge < -0.3 is 24.6 Å². The second kappa shape index (κ2) is 7.48. The van der Waals surface area contributed by atoms with Crippen LogP contribution in [0.2, 0.25) is 0 Å². The molecular formula is C21H25N3O3. The molecule has 0 aromatic heterocycles. The molecule has 2 heterocycles. The van der Waals surface area contributed by atoms with E-state index in [9.17, 15) is 4.79 Å². The Morgan fingerprint density at radius 3 is 2.56 bits per heavy atom. The van der Waals surface area contributed by atoms with Crippen LogP contribution in [0.3, 0.4) is 0 Å². The van der Waals surface area contributed by atoms with Gasteiger partial charge in [0.05, 0.1) is 0 Å². The standard InChI is InChI=1S/C21H25N3O3/c1-15-13-16(24-11-9-23(2)10-12-24)7-8-17(15)22-21(25)20-14-26-18-5-3-4-6-19(18)27-20/h3-8,13,20H,9-12,14H2,1-2H3,(H,22,25). The molecule has 142 valence electrons. The summed E-state index contributed by atoms with van der Waals surface area (Å²) in [6, 6.07) is 13.6. The van der Waals surface area contributed by atoms with Crippen LogP contribution >= 0.6 is 0 Å². The van der Waals surface area contributed by atoms with Crippen molar-refractivity contribution in [3.05, 3.63) is 48.0 Å². The summed E-state index contributed by atoms with van der Waals surface area (Å²) in [5.74, 6) is 1.08. The molecule has 2 aromatic carbocycles. The van der Waals surface area contributed by atoms with E-state index in [4.69, 9.17) is 9.47 Å². The van der Waals surface area contributed by atoms with Gasteiger partial charge in [-0.2, -0.15) is 0 Å². The van der Waals surface area contributed by atoms with Gasteiger partial charge in [-0.15, -0.1) is 0 Å². The SMILES string of the molecule is Cc1cc(N2CCN(C)CC2)ccc1NC(=O)C1COc2ccccc2O1. The largest absolute Gasteiger partial charge is 0.485 e. The molecule has 4 rings (SSSR count). The van der Waals surface area contributed by atoms with E-state index in [1.165, 1.54) is 5.69 Å². The maximum atomic E-state index is 12.6. The van der Waals surface area contributed by atoms with Crippen molar-refractivity contribution in [2.75, 3.05) is 50.1 Å². The number of benzene rings is 2. The van der Waals surface area contributed by atoms with Crippen LogP contribution in [0, 0.1) is 6.92 Å². The molecule has 2 aromatic rings. The highest BCUT2D eigenvalue weighted by atomic mass is 16.6. The highest BCUT2D eigenvalue weighted by Crippen LogP contribution is 2.31. The Bertz CT molecular complexity index is 831. The highest BCUT2D eigenvalue weighted by Gasteiger charge is 2.27. The Morgan fingerprint density at radius 2 is 1.81 bits per heavy atom. The summed E-state index contributed by atoms with van der Waals surface area (Å²) in [4.78, 5) is 17.3. The van der Waals surface area contributed by atoms with E-state index in [-0.39, 0.29) is 12.5 Å². The fourth-order valence-electron chi connectivity index (χ4n) is 3.41. The van der Waals surface area contributed by atoms with Gasteiger partial charge in [-0.05, 0) is 49.9 Å². The number of para-hydroxylation sites is 2. The summed E-state index contributed by atoms with van der Waals surface area (Å²) in [6.07, 6.45) is -0.656. The van der Waals surface area contributed by atoms with Gasteiger partial charge in [0, 0.05) is 37.6 Å². The molecule has 2 aliphatic heterocycles. The maximum absolute atomic E-state index is 12.6. The van der Waals surface area contributed by atoms with Gasteiger partial charge in [-0.25, -0.2) is 0 Å². The lowest BCUT2D eigenvalue weighted by Crippen LogP contribution is -2.44. The lowest BCUT2D eigenvalue weighted by Gasteiger charge is -2.34. The fraction of sp³-hybridized carbons (Fsp3) is 0.381. The predicted octanol–water partition coefficient (Wildman–Crippen LogP) is 2.53. The molecule has 6 heteroatoms. The molecule has 2 aliphatic rings. The number of aryl methyl sites for hydroxylation is 1. The number of fused-ring (bicyclic) bond motifs is 1. The normalized spacial score (nSPS) is 19.6. The van der Waals surface area contributed by atoms with Crippen LogP contribution in [-0.4, -0.2) is 56.7 Å². The van der Waals surface area contributed by atoms with Gasteiger partial charge in [0.2, 0.25) is 6.10 Å². The zero-order chi connectivity index (χ0) is 18.8. The van der Waals surface area contributed by atoms with Gasteiger partial charge in [0.1, 0.15) is 6.61 Å². The first-order valence-corrected chi connectivity index (χ1v) is 9.33. The minimum absolute atomic E-state index is 0.194. The van der Waals surface area contributed by atoms with Crippen LogP contribution in [0.1, 0.15) is 5.56 Å². The molecule has 0 aliphatic carbocycles. The molecule has 1 saturated heterocycles. The summed E-state index contributed by atoms with van der Waals surface area (Å²) in [5, 5.41) is 2.98. The maximum Gasteiger partial charge on any atom is 0.269 e. The first kappa shape index (κ1) is 17.7. The van der Waals surface area contributed by atoms with Crippen LogP contribution in [-0.2, 0) is 4.79 Å². The number of ether oxygens (including phenoxy) is 2. The van der Waals surface area contributed by atoms with Crippen molar-refractivity contribution in [1.82, 2.24) is 4.90 Å². The molecular weight excluding hydrogens is 342 g/mol. The molecule has 6 nitrogen and oxygen atoms in total. The van der Waals surface area contributed by atoms with Gasteiger partial charge >= 0.3 is 0 Å². The van der Waals surface area contributed by atoms with Crippen molar-refractivity contribution in [2.24, 2.45) is 0 Å². The number of piperazine rings is 1. The number of amides is 1. The van der Waals surface area contributed by atoms with E-state index in [2.05, 4.69) is 34.3 Å². The topological polar surface area (TPSA) is 54.0 Å². The number of carbonyl (C=O) groups excluding carboxylic acids is 1. The number of hydrogen-bond acceptors (Lipinski definition) is 5. The van der Waals surface area contributed by atoms with Crippen molar-refractivity contribution in [3.8, 4) is 11.5 Å². The van der Waals surface area contributed by atoms with Crippen molar-refractivity contribution in [1.29, 1.82) is 0 Å². The molecule has 0 saturated carbocycles. The summed E-state index contributed by atoms with van der Waals surface area (Å²) in [5.41, 5.74) is 3.04. The van der Waals surface area contributed by atoms with Gasteiger partial charge in [-0.1, -0.05) is 12.1 Å². The van der Waals surface area contributed by atoms with Crippen molar-refractivity contribution in [2.45, 2.75) is 13.0 Å². The highest BCUT2D eigenvalue weighted by molar-refractivity contribution is 5.95. The number of anilines is 2. The number of nitrogens with one attached hydrogen (secondary N) is 1. The lowest BCUT2D eigenvalue weighted by molar-refractivity contribution is -0.125. The summed E-state index contributed by atoms with van der Waals surface area (Å²) in [7, 11) is 2.15. The number of rotatable bonds is 3. The molecule has 0 spiro atoms. The van der Waals surface area contributed by atoms with E-state index in [0.717, 1.165) is 37.4 Å². The molecule has 1 fully saturated rings. The summed E-state index contributed by atoms with van der Waals surface area (Å²) < 4.78 is 11.4. The Labute approximate surface area is 159 Å². The van der Waals surface area contributed by atoms with Gasteiger partial charge in [0.15, 0.2) is 11.5 Å². The number of likely N-dealkylation sites (N-methyl/N-ethyl adjacent to an activating group) is 1. The molecule has 1 N–H and O–H groups in total. The Morgan fingerprint density at radius 1 is 1.07 bits per heavy atom. The third kappa shape index (κ3) is 3.85. The third-order valence-corrected chi connectivity index (χ3v) is 5.14. The molecule has 1 unspecified atom stereocenters. The minimum atomic E-state index is -0.656. The lowest BCUT2D eigenvalue weighted by atomic mass is 10.1. The number of hydrogen-bond donors (Lipinski definition) is 1. The Kier molecular flexibility index (Phi) is 4.90. The Balaban J connectivity index is 1.41. The smallest absolute Gasteiger partial charge is 0.269 e. The zero-order valence-corrected chi connectivity index (χ0v) is 15.8. The summed E-state index contributed by atoms with van der Waals surface area (Å²) in [6.45, 7) is 6.41. The van der Waals surface area contributed by atoms with E-state index < -0.39 is 6.10 Å². The predicted molar refractivity (Wildman–Crippen MR) is 106 cm³/mol. The second-order valence-corrected chi connectivity index (χ2v) is 7.14. The van der Waals surface area contributed by atoms with Crippen LogP contribution < -0.4 is 19.7 Å². The van der Waals surface area contributed by atoms with Gasteiger partial charge in [-0.3, -0.25) is 4.79 Å². The first-order chi connectivity index (χ1) is 13.1. The third-order valence-electron chi connectivity index (χ3n) is 5.14. The molecule has 1 amide bonds. The van der Waals surface area contributed by atoms with Crippen LogP contribution in [0.25, 0.3) is 0 Å². The van der Waals surface area contributed by atoms with Crippen LogP contribution in [0.4, 0.5) is 11.4 Å². The average Bonchev–Trinajstić information content (AvgIpc) is 2.69. The van der Waals surface area contributed by atoms with E-state index in [1.807, 2.05) is 37.3 Å². The molecule has 1 atom stereocenters. The zero-order valence-electron chi connectivity index (χ0n) is 15.8. The minimum Gasteiger partial charge on any atom is -0.485 e. The Hall–Kier alpha value is -2.73. The van der Waals surface area contributed by atoms with Crippen molar-refractivity contribution < 1.29 is 14.3 Å². The molecule has 0 radical (unpaired) electrons. The number of carbonyl (C=O) groups is 1. The number of nitrogens with zero attached hydrogens (tertiary/aromatic N) is 2. The van der Waals surface area contributed by atoms with Gasteiger partial charge in [0.25, 0.3) is 5.91 Å². The van der Waals surface area contributed by atoms with Crippen LogP contribution in [0.5, 0.6) is 11.5 Å². The van der Waals surface area contributed by atoms with Crippen molar-refractivity contribution >= 4 is 17.3 Å². The van der Waals surface area contributed by atoms with Crippen molar-refractivity contribution in [3.63, 3.8) is 0 Å².